The van der Waals surface area contributed by atoms with Crippen LogP contribution >= 0.6 is 0 Å². The SMILES string of the molecule is Cc1ccc(C#N)c(NCCOCCC(C)C)c1. The number of anilines is 1. The molecule has 0 heterocycles. The summed E-state index contributed by atoms with van der Waals surface area (Å²) in [6.45, 7) is 8.60. The number of nitriles is 1. The van der Waals surface area contributed by atoms with Gasteiger partial charge in [-0.2, -0.15) is 5.26 Å². The molecule has 0 spiro atoms. The summed E-state index contributed by atoms with van der Waals surface area (Å²) in [4.78, 5) is 0. The third-order valence-electron chi connectivity index (χ3n) is 2.70. The molecule has 0 atom stereocenters. The molecule has 0 fully saturated rings. The second-order valence-corrected chi connectivity index (χ2v) is 4.88. The van der Waals surface area contributed by atoms with Gasteiger partial charge in [-0.1, -0.05) is 19.9 Å². The monoisotopic (exact) mass is 246 g/mol. The molecule has 1 aromatic rings. The predicted octanol–water partition coefficient (Wildman–Crippen LogP) is 3.34. The topological polar surface area (TPSA) is 45.0 Å². The van der Waals surface area contributed by atoms with E-state index in [2.05, 4.69) is 25.2 Å². The molecule has 1 aromatic carbocycles. The van der Waals surface area contributed by atoms with Crippen LogP contribution < -0.4 is 5.32 Å². The van der Waals surface area contributed by atoms with Gasteiger partial charge in [-0.05, 0) is 37.0 Å². The lowest BCUT2D eigenvalue weighted by molar-refractivity contribution is 0.132. The Morgan fingerprint density at radius 2 is 2.11 bits per heavy atom. The summed E-state index contributed by atoms with van der Waals surface area (Å²) in [6.07, 6.45) is 1.09. The minimum atomic E-state index is 0.672. The lowest BCUT2D eigenvalue weighted by Gasteiger charge is -2.10. The predicted molar refractivity (Wildman–Crippen MR) is 74.7 cm³/mol. The van der Waals surface area contributed by atoms with Crippen LogP contribution in [0.5, 0.6) is 0 Å². The van der Waals surface area contributed by atoms with E-state index >= 15 is 0 Å². The van der Waals surface area contributed by atoms with Crippen LogP contribution in [0.15, 0.2) is 18.2 Å². The van der Waals surface area contributed by atoms with Gasteiger partial charge in [0.1, 0.15) is 6.07 Å². The van der Waals surface area contributed by atoms with Crippen molar-refractivity contribution in [3.63, 3.8) is 0 Å². The number of nitrogens with zero attached hydrogens (tertiary/aromatic N) is 1. The first-order valence-electron chi connectivity index (χ1n) is 6.46. The molecule has 0 saturated heterocycles. The number of aryl methyl sites for hydroxylation is 1. The van der Waals surface area contributed by atoms with Crippen molar-refractivity contribution >= 4 is 5.69 Å². The Labute approximate surface area is 110 Å². The molecule has 0 unspecified atom stereocenters. The van der Waals surface area contributed by atoms with Crippen molar-refractivity contribution in [3.8, 4) is 6.07 Å². The average molecular weight is 246 g/mol. The van der Waals surface area contributed by atoms with E-state index in [4.69, 9.17) is 10.00 Å². The Balaban J connectivity index is 2.31. The van der Waals surface area contributed by atoms with Crippen LogP contribution in [0.25, 0.3) is 0 Å². The van der Waals surface area contributed by atoms with Crippen molar-refractivity contribution < 1.29 is 4.74 Å². The molecule has 0 aliphatic heterocycles. The second-order valence-electron chi connectivity index (χ2n) is 4.88. The molecule has 0 aliphatic rings. The van der Waals surface area contributed by atoms with Gasteiger partial charge >= 0.3 is 0 Å². The van der Waals surface area contributed by atoms with E-state index in [1.807, 2.05) is 25.1 Å². The highest BCUT2D eigenvalue weighted by molar-refractivity contribution is 5.58. The standard InChI is InChI=1S/C15H22N2O/c1-12(2)6-8-18-9-7-17-15-10-13(3)4-5-14(15)11-16/h4-5,10,12,17H,6-9H2,1-3H3. The van der Waals surface area contributed by atoms with Gasteiger partial charge in [-0.15, -0.1) is 0 Å². The Kier molecular flexibility index (Phi) is 6.24. The quantitative estimate of drug-likeness (QED) is 0.750. The molecule has 0 bridgehead atoms. The minimum Gasteiger partial charge on any atom is -0.382 e. The van der Waals surface area contributed by atoms with Gasteiger partial charge in [-0.3, -0.25) is 0 Å². The Morgan fingerprint density at radius 3 is 2.78 bits per heavy atom. The molecule has 0 aliphatic carbocycles. The summed E-state index contributed by atoms with van der Waals surface area (Å²) >= 11 is 0. The van der Waals surface area contributed by atoms with Crippen molar-refractivity contribution in [2.45, 2.75) is 27.2 Å². The van der Waals surface area contributed by atoms with E-state index in [1.54, 1.807) is 0 Å². The van der Waals surface area contributed by atoms with E-state index in [-0.39, 0.29) is 0 Å². The molecule has 3 nitrogen and oxygen atoms in total. The zero-order valence-electron chi connectivity index (χ0n) is 11.5. The fourth-order valence-electron chi connectivity index (χ4n) is 1.58. The van der Waals surface area contributed by atoms with Crippen molar-refractivity contribution in [2.24, 2.45) is 5.92 Å². The second kappa shape index (κ2) is 7.73. The fourth-order valence-corrected chi connectivity index (χ4v) is 1.58. The van der Waals surface area contributed by atoms with Crippen molar-refractivity contribution in [1.29, 1.82) is 5.26 Å². The maximum atomic E-state index is 8.99. The van der Waals surface area contributed by atoms with Crippen LogP contribution in [0.2, 0.25) is 0 Å². The van der Waals surface area contributed by atoms with Crippen molar-refractivity contribution in [2.75, 3.05) is 25.1 Å². The van der Waals surface area contributed by atoms with E-state index in [0.717, 1.165) is 30.8 Å². The highest BCUT2D eigenvalue weighted by Crippen LogP contribution is 2.16. The van der Waals surface area contributed by atoms with E-state index in [1.165, 1.54) is 0 Å². The first-order valence-corrected chi connectivity index (χ1v) is 6.46. The first kappa shape index (κ1) is 14.5. The third kappa shape index (κ3) is 5.20. The maximum Gasteiger partial charge on any atom is 0.101 e. The summed E-state index contributed by atoms with van der Waals surface area (Å²) in [7, 11) is 0. The Morgan fingerprint density at radius 1 is 1.33 bits per heavy atom. The molecular weight excluding hydrogens is 224 g/mol. The largest absolute Gasteiger partial charge is 0.382 e. The van der Waals surface area contributed by atoms with E-state index in [9.17, 15) is 0 Å². The molecule has 0 radical (unpaired) electrons. The summed E-state index contributed by atoms with van der Waals surface area (Å²) < 4.78 is 5.52. The van der Waals surface area contributed by atoms with Crippen LogP contribution in [0.1, 0.15) is 31.4 Å². The van der Waals surface area contributed by atoms with Gasteiger partial charge in [0.15, 0.2) is 0 Å². The molecule has 0 saturated carbocycles. The van der Waals surface area contributed by atoms with Gasteiger partial charge in [0.25, 0.3) is 0 Å². The van der Waals surface area contributed by atoms with Crippen molar-refractivity contribution in [1.82, 2.24) is 0 Å². The van der Waals surface area contributed by atoms with Crippen molar-refractivity contribution in [3.05, 3.63) is 29.3 Å². The Bertz CT molecular complexity index is 407. The van der Waals surface area contributed by atoms with Gasteiger partial charge in [0.05, 0.1) is 17.9 Å². The van der Waals surface area contributed by atoms with Gasteiger partial charge in [0, 0.05) is 13.2 Å². The normalized spacial score (nSPS) is 10.4. The fraction of sp³-hybridized carbons (Fsp3) is 0.533. The lowest BCUT2D eigenvalue weighted by atomic mass is 10.1. The zero-order chi connectivity index (χ0) is 13.4. The molecule has 98 valence electrons. The van der Waals surface area contributed by atoms with Gasteiger partial charge in [-0.25, -0.2) is 0 Å². The molecule has 3 heteroatoms. The third-order valence-corrected chi connectivity index (χ3v) is 2.70. The molecule has 0 amide bonds. The minimum absolute atomic E-state index is 0.672. The first-order chi connectivity index (χ1) is 8.63. The highest BCUT2D eigenvalue weighted by Gasteiger charge is 2.01. The number of hydrogen-bond acceptors (Lipinski definition) is 3. The molecule has 1 N–H and O–H groups in total. The van der Waals surface area contributed by atoms with Crippen LogP contribution in [0.4, 0.5) is 5.69 Å². The van der Waals surface area contributed by atoms with E-state index in [0.29, 0.717) is 18.1 Å². The summed E-state index contributed by atoms with van der Waals surface area (Å²) in [5, 5.41) is 12.2. The van der Waals surface area contributed by atoms with E-state index < -0.39 is 0 Å². The average Bonchev–Trinajstić information content (AvgIpc) is 2.33. The van der Waals surface area contributed by atoms with Crippen LogP contribution in [0, 0.1) is 24.2 Å². The molecule has 18 heavy (non-hydrogen) atoms. The number of hydrogen-bond donors (Lipinski definition) is 1. The number of nitrogens with one attached hydrogen (secondary N) is 1. The summed E-state index contributed by atoms with van der Waals surface area (Å²) in [5.74, 6) is 0.680. The number of rotatable bonds is 7. The number of ether oxygens (including phenoxy) is 1. The lowest BCUT2D eigenvalue weighted by Crippen LogP contribution is -2.11. The molecule has 0 aromatic heterocycles. The number of benzene rings is 1. The highest BCUT2D eigenvalue weighted by atomic mass is 16.5. The maximum absolute atomic E-state index is 8.99. The van der Waals surface area contributed by atoms with Crippen LogP contribution in [-0.4, -0.2) is 19.8 Å². The van der Waals surface area contributed by atoms with Gasteiger partial charge < -0.3 is 10.1 Å². The Hall–Kier alpha value is -1.53. The molecular formula is C15H22N2O. The smallest absolute Gasteiger partial charge is 0.101 e. The zero-order valence-corrected chi connectivity index (χ0v) is 11.5. The summed E-state index contributed by atoms with van der Waals surface area (Å²) in [5.41, 5.74) is 2.73. The molecule has 1 rings (SSSR count). The van der Waals surface area contributed by atoms with Gasteiger partial charge in [0.2, 0.25) is 0 Å². The summed E-state index contributed by atoms with van der Waals surface area (Å²) in [6, 6.07) is 7.97. The van der Waals surface area contributed by atoms with Crippen LogP contribution in [-0.2, 0) is 4.74 Å². The van der Waals surface area contributed by atoms with Crippen LogP contribution in [0.3, 0.4) is 0 Å².